The van der Waals surface area contributed by atoms with E-state index in [1.54, 1.807) is 0 Å². The molecule has 0 amide bonds. The van der Waals surface area contributed by atoms with Crippen molar-refractivity contribution < 1.29 is 22.3 Å². The van der Waals surface area contributed by atoms with Crippen molar-refractivity contribution in [3.05, 3.63) is 65.2 Å². The highest BCUT2D eigenvalue weighted by Crippen LogP contribution is 2.26. The summed E-state index contributed by atoms with van der Waals surface area (Å²) in [4.78, 5) is 0. The predicted molar refractivity (Wildman–Crippen MR) is 68.6 cm³/mol. The van der Waals surface area contributed by atoms with Crippen LogP contribution in [-0.2, 0) is 0 Å². The van der Waals surface area contributed by atoms with Gasteiger partial charge in [-0.1, -0.05) is 18.2 Å². The van der Waals surface area contributed by atoms with Crippen LogP contribution in [0, 0.1) is 11.6 Å². The van der Waals surface area contributed by atoms with E-state index in [-0.39, 0.29) is 11.3 Å². The second-order valence-electron chi connectivity index (χ2n) is 4.21. The Morgan fingerprint density at radius 2 is 1.67 bits per heavy atom. The lowest BCUT2D eigenvalue weighted by Crippen LogP contribution is -2.29. The first-order chi connectivity index (χ1) is 10.0. The van der Waals surface area contributed by atoms with Crippen LogP contribution >= 0.6 is 0 Å². The van der Waals surface area contributed by atoms with Crippen molar-refractivity contribution in [1.29, 1.82) is 0 Å². The van der Waals surface area contributed by atoms with Crippen molar-refractivity contribution in [2.24, 2.45) is 5.84 Å². The number of nitrogens with two attached hydrogens (primary N) is 1. The minimum atomic E-state index is -2.92. The highest BCUT2D eigenvalue weighted by atomic mass is 19.3. The molecule has 7 heteroatoms. The smallest absolute Gasteiger partial charge is 0.387 e. The fourth-order valence-electron chi connectivity index (χ4n) is 1.94. The first kappa shape index (κ1) is 15.3. The number of nitrogens with one attached hydrogen (secondary N) is 1. The molecule has 0 aliphatic rings. The summed E-state index contributed by atoms with van der Waals surface area (Å²) in [6, 6.07) is 7.92. The maximum atomic E-state index is 13.8. The third-order valence-electron chi connectivity index (χ3n) is 2.88. The van der Waals surface area contributed by atoms with E-state index >= 15 is 0 Å². The first-order valence-electron chi connectivity index (χ1n) is 5.97. The molecule has 0 saturated carbocycles. The van der Waals surface area contributed by atoms with Crippen LogP contribution < -0.4 is 16.0 Å². The van der Waals surface area contributed by atoms with E-state index in [0.717, 1.165) is 12.1 Å². The average Bonchev–Trinajstić information content (AvgIpc) is 2.43. The van der Waals surface area contributed by atoms with Crippen LogP contribution in [0.5, 0.6) is 5.75 Å². The molecule has 0 aliphatic carbocycles. The van der Waals surface area contributed by atoms with Crippen LogP contribution in [0.15, 0.2) is 42.5 Å². The summed E-state index contributed by atoms with van der Waals surface area (Å²) in [5.74, 6) is 3.92. The summed E-state index contributed by atoms with van der Waals surface area (Å²) in [5.41, 5.74) is 3.06. The molecule has 1 atom stereocenters. The largest absolute Gasteiger partial charge is 0.435 e. The molecule has 1 unspecified atom stereocenters. The minimum absolute atomic E-state index is 0.0240. The van der Waals surface area contributed by atoms with Crippen molar-refractivity contribution in [3.63, 3.8) is 0 Å². The number of hydrogen-bond donors (Lipinski definition) is 2. The molecule has 3 nitrogen and oxygen atoms in total. The van der Waals surface area contributed by atoms with Crippen LogP contribution in [-0.4, -0.2) is 6.61 Å². The average molecular weight is 300 g/mol. The van der Waals surface area contributed by atoms with Crippen molar-refractivity contribution in [1.82, 2.24) is 5.43 Å². The van der Waals surface area contributed by atoms with E-state index in [2.05, 4.69) is 10.2 Å². The Hall–Kier alpha value is -2.12. The molecular weight excluding hydrogens is 288 g/mol. The maximum Gasteiger partial charge on any atom is 0.387 e. The van der Waals surface area contributed by atoms with E-state index in [4.69, 9.17) is 5.84 Å². The molecule has 2 aromatic rings. The molecule has 0 bridgehead atoms. The number of hydrazine groups is 1. The molecule has 0 heterocycles. The van der Waals surface area contributed by atoms with Gasteiger partial charge in [0.15, 0.2) is 0 Å². The molecule has 21 heavy (non-hydrogen) atoms. The molecule has 3 N–H and O–H groups in total. The monoisotopic (exact) mass is 300 g/mol. The third-order valence-corrected chi connectivity index (χ3v) is 2.88. The van der Waals surface area contributed by atoms with E-state index in [1.807, 2.05) is 0 Å². The summed E-state index contributed by atoms with van der Waals surface area (Å²) in [7, 11) is 0. The van der Waals surface area contributed by atoms with Crippen LogP contribution in [0.1, 0.15) is 17.2 Å². The van der Waals surface area contributed by atoms with E-state index in [0.29, 0.717) is 5.56 Å². The van der Waals surface area contributed by atoms with Crippen LogP contribution in [0.3, 0.4) is 0 Å². The summed E-state index contributed by atoms with van der Waals surface area (Å²) in [6.45, 7) is -2.92. The van der Waals surface area contributed by atoms with Crippen molar-refractivity contribution >= 4 is 0 Å². The molecule has 0 aliphatic heterocycles. The maximum absolute atomic E-state index is 13.8. The quantitative estimate of drug-likeness (QED) is 0.507. The van der Waals surface area contributed by atoms with Crippen LogP contribution in [0.2, 0.25) is 0 Å². The van der Waals surface area contributed by atoms with Gasteiger partial charge in [-0.25, -0.2) is 14.2 Å². The molecule has 0 radical (unpaired) electrons. The minimum Gasteiger partial charge on any atom is -0.435 e. The van der Waals surface area contributed by atoms with Gasteiger partial charge in [0.2, 0.25) is 0 Å². The Balaban J connectivity index is 2.28. The van der Waals surface area contributed by atoms with Gasteiger partial charge >= 0.3 is 6.61 Å². The Morgan fingerprint density at radius 1 is 1.00 bits per heavy atom. The standard InChI is InChI=1S/C14H12F4N2O/c15-9-3-6-11(12(16)7-9)13(20-19)8-1-4-10(5-2-8)21-14(17)18/h1-7,13-14,20H,19H2. The topological polar surface area (TPSA) is 47.3 Å². The van der Waals surface area contributed by atoms with Crippen LogP contribution in [0.4, 0.5) is 17.6 Å². The van der Waals surface area contributed by atoms with Gasteiger partial charge in [-0.3, -0.25) is 5.84 Å². The molecule has 0 spiro atoms. The van der Waals surface area contributed by atoms with Gasteiger partial charge < -0.3 is 4.74 Å². The van der Waals surface area contributed by atoms with Crippen molar-refractivity contribution in [3.8, 4) is 5.75 Å². The first-order valence-corrected chi connectivity index (χ1v) is 5.97. The van der Waals surface area contributed by atoms with Gasteiger partial charge in [-0.05, 0) is 23.8 Å². The summed E-state index contributed by atoms with van der Waals surface area (Å²) in [6.07, 6.45) is 0. The summed E-state index contributed by atoms with van der Waals surface area (Å²) >= 11 is 0. The number of alkyl halides is 2. The number of rotatable bonds is 5. The Kier molecular flexibility index (Phi) is 4.77. The fourth-order valence-corrected chi connectivity index (χ4v) is 1.94. The SMILES string of the molecule is NNC(c1ccc(OC(F)F)cc1)c1ccc(F)cc1F. The molecular formula is C14H12F4N2O. The van der Waals surface area contributed by atoms with Gasteiger partial charge in [-0.15, -0.1) is 0 Å². The lowest BCUT2D eigenvalue weighted by Gasteiger charge is -2.18. The normalized spacial score (nSPS) is 12.5. The lowest BCUT2D eigenvalue weighted by molar-refractivity contribution is -0.0498. The molecule has 2 rings (SSSR count). The zero-order valence-corrected chi connectivity index (χ0v) is 10.7. The number of hydrogen-bond acceptors (Lipinski definition) is 3. The highest BCUT2D eigenvalue weighted by Gasteiger charge is 2.17. The molecule has 0 saturated heterocycles. The second kappa shape index (κ2) is 6.55. The molecule has 112 valence electrons. The van der Waals surface area contributed by atoms with E-state index in [9.17, 15) is 17.6 Å². The van der Waals surface area contributed by atoms with Crippen molar-refractivity contribution in [2.45, 2.75) is 12.7 Å². The van der Waals surface area contributed by atoms with Gasteiger partial charge in [0.25, 0.3) is 0 Å². The number of benzene rings is 2. The molecule has 0 aromatic heterocycles. The highest BCUT2D eigenvalue weighted by molar-refractivity contribution is 5.36. The molecule has 2 aromatic carbocycles. The fraction of sp³-hybridized carbons (Fsp3) is 0.143. The third kappa shape index (κ3) is 3.71. The van der Waals surface area contributed by atoms with E-state index in [1.165, 1.54) is 30.3 Å². The Labute approximate surface area is 118 Å². The van der Waals surface area contributed by atoms with Crippen molar-refractivity contribution in [2.75, 3.05) is 0 Å². The predicted octanol–water partition coefficient (Wildman–Crippen LogP) is 3.12. The van der Waals surface area contributed by atoms with E-state index < -0.39 is 24.3 Å². The second-order valence-corrected chi connectivity index (χ2v) is 4.21. The van der Waals surface area contributed by atoms with Gasteiger partial charge in [0.1, 0.15) is 17.4 Å². The van der Waals surface area contributed by atoms with Gasteiger partial charge in [0, 0.05) is 11.6 Å². The Bertz CT molecular complexity index is 604. The van der Waals surface area contributed by atoms with Gasteiger partial charge in [-0.2, -0.15) is 8.78 Å². The van der Waals surface area contributed by atoms with Gasteiger partial charge in [0.05, 0.1) is 6.04 Å². The van der Waals surface area contributed by atoms with Crippen LogP contribution in [0.25, 0.3) is 0 Å². The number of ether oxygens (including phenoxy) is 1. The summed E-state index contributed by atoms with van der Waals surface area (Å²) in [5, 5.41) is 0. The Morgan fingerprint density at radius 3 is 2.19 bits per heavy atom. The summed E-state index contributed by atoms with van der Waals surface area (Å²) < 4.78 is 55.0. The zero-order valence-electron chi connectivity index (χ0n) is 10.7. The number of halogens is 4. The lowest BCUT2D eigenvalue weighted by atomic mass is 9.98. The zero-order chi connectivity index (χ0) is 15.4. The molecule has 0 fully saturated rings.